The van der Waals surface area contributed by atoms with Gasteiger partial charge in [-0.1, -0.05) is 18.2 Å². The van der Waals surface area contributed by atoms with E-state index in [1.165, 1.54) is 18.2 Å². The molecule has 3 rings (SSSR count). The lowest BCUT2D eigenvalue weighted by Gasteiger charge is -2.20. The van der Waals surface area contributed by atoms with E-state index in [1.807, 2.05) is 6.92 Å². The first-order valence-electron chi connectivity index (χ1n) is 8.82. The Bertz CT molecular complexity index is 973. The van der Waals surface area contributed by atoms with Crippen molar-refractivity contribution < 1.29 is 17.9 Å². The fraction of sp³-hybridized carbons (Fsp3) is 0.316. The summed E-state index contributed by atoms with van der Waals surface area (Å²) in [7, 11) is 3.36. The molecule has 1 aromatic carbocycles. The van der Waals surface area contributed by atoms with Gasteiger partial charge >= 0.3 is 6.18 Å². The fourth-order valence-corrected chi connectivity index (χ4v) is 2.70. The summed E-state index contributed by atoms with van der Waals surface area (Å²) < 4.78 is 45.6. The van der Waals surface area contributed by atoms with Crippen molar-refractivity contribution in [2.75, 3.05) is 37.5 Å². The molecule has 0 saturated carbocycles. The van der Waals surface area contributed by atoms with E-state index in [2.05, 4.69) is 25.5 Å². The van der Waals surface area contributed by atoms with Gasteiger partial charge in [-0.15, -0.1) is 0 Å². The average Bonchev–Trinajstić information content (AvgIpc) is 3.09. The van der Waals surface area contributed by atoms with Crippen LogP contribution in [0.15, 0.2) is 36.4 Å². The lowest BCUT2D eigenvalue weighted by molar-refractivity contribution is -0.137. The van der Waals surface area contributed by atoms with Crippen LogP contribution in [0.4, 0.5) is 30.6 Å². The van der Waals surface area contributed by atoms with E-state index < -0.39 is 11.7 Å². The molecule has 2 aromatic heterocycles. The maximum Gasteiger partial charge on any atom is 0.417 e. The zero-order valence-electron chi connectivity index (χ0n) is 16.2. The highest BCUT2D eigenvalue weighted by molar-refractivity contribution is 5.67. The number of aryl methyl sites for hydroxylation is 1. The molecule has 0 aliphatic heterocycles. The van der Waals surface area contributed by atoms with Gasteiger partial charge < -0.3 is 15.0 Å². The number of anilines is 3. The number of rotatable bonds is 7. The van der Waals surface area contributed by atoms with Crippen molar-refractivity contribution in [1.82, 2.24) is 20.2 Å². The van der Waals surface area contributed by atoms with Gasteiger partial charge in [0.05, 0.1) is 12.2 Å². The second-order valence-electron chi connectivity index (χ2n) is 6.45. The third-order valence-electron chi connectivity index (χ3n) is 4.17. The van der Waals surface area contributed by atoms with E-state index in [0.717, 1.165) is 11.8 Å². The number of alkyl halides is 3. The normalized spacial score (nSPS) is 11.5. The van der Waals surface area contributed by atoms with Crippen LogP contribution in [-0.2, 0) is 10.9 Å². The number of ether oxygens (including phenoxy) is 1. The highest BCUT2D eigenvalue weighted by Gasteiger charge is 2.34. The number of halogens is 3. The number of likely N-dealkylation sites (N-methyl/N-ethyl adjacent to an activating group) is 1. The molecule has 0 radical (unpaired) electrons. The molecule has 7 nitrogen and oxygen atoms in total. The Morgan fingerprint density at radius 2 is 1.90 bits per heavy atom. The third kappa shape index (κ3) is 5.02. The summed E-state index contributed by atoms with van der Waals surface area (Å²) in [6.45, 7) is 2.79. The summed E-state index contributed by atoms with van der Waals surface area (Å²) in [5, 5.41) is 9.89. The Balaban J connectivity index is 2.07. The molecule has 2 heterocycles. The summed E-state index contributed by atoms with van der Waals surface area (Å²) in [6.07, 6.45) is -4.52. The topological polar surface area (TPSA) is 79.0 Å². The minimum Gasteiger partial charge on any atom is -0.383 e. The first kappa shape index (κ1) is 20.6. The minimum atomic E-state index is -4.52. The van der Waals surface area contributed by atoms with Crippen LogP contribution < -0.4 is 10.2 Å². The van der Waals surface area contributed by atoms with Gasteiger partial charge in [-0.05, 0) is 13.0 Å². The van der Waals surface area contributed by atoms with E-state index in [9.17, 15) is 13.2 Å². The molecule has 0 unspecified atom stereocenters. The summed E-state index contributed by atoms with van der Waals surface area (Å²) in [6, 6.07) is 8.66. The number of H-pyrrole nitrogens is 1. The Morgan fingerprint density at radius 3 is 2.55 bits per heavy atom. The number of hydrogen-bond acceptors (Lipinski definition) is 6. The molecule has 0 aliphatic carbocycles. The summed E-state index contributed by atoms with van der Waals surface area (Å²) in [5.41, 5.74) is -0.0526. The van der Waals surface area contributed by atoms with Gasteiger partial charge in [-0.3, -0.25) is 5.10 Å². The van der Waals surface area contributed by atoms with Crippen LogP contribution >= 0.6 is 0 Å². The van der Waals surface area contributed by atoms with Crippen molar-refractivity contribution in [2.24, 2.45) is 0 Å². The molecule has 0 atom stereocenters. The fourth-order valence-electron chi connectivity index (χ4n) is 2.70. The number of methoxy groups -OCH3 is 1. The van der Waals surface area contributed by atoms with Crippen LogP contribution in [-0.4, -0.2) is 47.5 Å². The van der Waals surface area contributed by atoms with E-state index in [-0.39, 0.29) is 11.4 Å². The van der Waals surface area contributed by atoms with Crippen molar-refractivity contribution in [3.8, 4) is 11.4 Å². The molecule has 0 amide bonds. The number of nitrogens with zero attached hydrogens (tertiary/aromatic N) is 4. The predicted molar refractivity (Wildman–Crippen MR) is 104 cm³/mol. The molecular formula is C19H21F3N6O. The van der Waals surface area contributed by atoms with Gasteiger partial charge in [0.1, 0.15) is 11.6 Å². The quantitative estimate of drug-likeness (QED) is 0.617. The molecule has 10 heteroatoms. The Hall–Kier alpha value is -3.14. The van der Waals surface area contributed by atoms with Crippen molar-refractivity contribution in [3.05, 3.63) is 47.7 Å². The van der Waals surface area contributed by atoms with Gasteiger partial charge in [-0.2, -0.15) is 18.3 Å². The number of aromatic nitrogens is 4. The molecule has 0 fully saturated rings. The van der Waals surface area contributed by atoms with Crippen molar-refractivity contribution in [1.29, 1.82) is 0 Å². The standard InChI is InChI=1S/C19H21F3N6O/c1-12-10-16(27-26-12)23-15-11-17(28(2)8-9-29-3)25-18(24-15)13-6-4-5-7-14(13)19(20,21)22/h4-7,10-11H,8-9H2,1-3H3,(H2,23,24,25,26,27). The van der Waals surface area contributed by atoms with Gasteiger partial charge in [0, 0.05) is 44.1 Å². The molecule has 3 aromatic rings. The number of aromatic amines is 1. The highest BCUT2D eigenvalue weighted by Crippen LogP contribution is 2.36. The SMILES string of the molecule is COCCN(C)c1cc(Nc2cc(C)[nH]n2)nc(-c2ccccc2C(F)(F)F)n1. The molecule has 0 saturated heterocycles. The largest absolute Gasteiger partial charge is 0.417 e. The Morgan fingerprint density at radius 1 is 1.14 bits per heavy atom. The summed E-state index contributed by atoms with van der Waals surface area (Å²) in [5.74, 6) is 1.26. The molecule has 154 valence electrons. The second-order valence-corrected chi connectivity index (χ2v) is 6.45. The zero-order chi connectivity index (χ0) is 21.0. The van der Waals surface area contributed by atoms with Crippen LogP contribution in [0.5, 0.6) is 0 Å². The van der Waals surface area contributed by atoms with Crippen molar-refractivity contribution in [3.63, 3.8) is 0 Å². The smallest absolute Gasteiger partial charge is 0.383 e. The van der Waals surface area contributed by atoms with Crippen molar-refractivity contribution in [2.45, 2.75) is 13.1 Å². The number of hydrogen-bond donors (Lipinski definition) is 2. The van der Waals surface area contributed by atoms with Gasteiger partial charge in [0.25, 0.3) is 0 Å². The van der Waals surface area contributed by atoms with Gasteiger partial charge in [0.2, 0.25) is 0 Å². The lowest BCUT2D eigenvalue weighted by Crippen LogP contribution is -2.23. The van der Waals surface area contributed by atoms with Gasteiger partial charge in [-0.25, -0.2) is 9.97 Å². The van der Waals surface area contributed by atoms with E-state index >= 15 is 0 Å². The molecule has 29 heavy (non-hydrogen) atoms. The zero-order valence-corrected chi connectivity index (χ0v) is 16.2. The number of nitrogens with one attached hydrogen (secondary N) is 2. The monoisotopic (exact) mass is 406 g/mol. The van der Waals surface area contributed by atoms with E-state index in [1.54, 1.807) is 31.2 Å². The third-order valence-corrected chi connectivity index (χ3v) is 4.17. The van der Waals surface area contributed by atoms with Gasteiger partial charge in [0.15, 0.2) is 11.6 Å². The van der Waals surface area contributed by atoms with Crippen LogP contribution in [0.25, 0.3) is 11.4 Å². The molecule has 0 spiro atoms. The van der Waals surface area contributed by atoms with Crippen LogP contribution in [0.2, 0.25) is 0 Å². The Labute approximate surface area is 165 Å². The minimum absolute atomic E-state index is 0.0329. The van der Waals surface area contributed by atoms with Crippen LogP contribution in [0.3, 0.4) is 0 Å². The van der Waals surface area contributed by atoms with E-state index in [4.69, 9.17) is 4.74 Å². The molecule has 0 bridgehead atoms. The lowest BCUT2D eigenvalue weighted by atomic mass is 10.1. The highest BCUT2D eigenvalue weighted by atomic mass is 19.4. The first-order valence-corrected chi connectivity index (χ1v) is 8.82. The first-order chi connectivity index (χ1) is 13.8. The maximum atomic E-state index is 13.5. The van der Waals surface area contributed by atoms with Crippen LogP contribution in [0.1, 0.15) is 11.3 Å². The molecule has 2 N–H and O–H groups in total. The molecule has 0 aliphatic rings. The Kier molecular flexibility index (Phi) is 6.02. The predicted octanol–water partition coefficient (Wildman–Crippen LogP) is 4.02. The van der Waals surface area contributed by atoms with Crippen molar-refractivity contribution >= 4 is 17.5 Å². The summed E-state index contributed by atoms with van der Waals surface area (Å²) in [4.78, 5) is 10.5. The number of benzene rings is 1. The summed E-state index contributed by atoms with van der Waals surface area (Å²) >= 11 is 0. The maximum absolute atomic E-state index is 13.5. The second kappa shape index (κ2) is 8.48. The van der Waals surface area contributed by atoms with Crippen LogP contribution in [0, 0.1) is 6.92 Å². The van der Waals surface area contributed by atoms with E-state index in [0.29, 0.717) is 30.6 Å². The molecular weight excluding hydrogens is 385 g/mol. The average molecular weight is 406 g/mol.